The zero-order valence-corrected chi connectivity index (χ0v) is 14.6. The van der Waals surface area contributed by atoms with Gasteiger partial charge in [-0.25, -0.2) is 0 Å². The van der Waals surface area contributed by atoms with Crippen molar-refractivity contribution in [1.29, 1.82) is 0 Å². The summed E-state index contributed by atoms with van der Waals surface area (Å²) in [5.41, 5.74) is 2.99. The number of aromatic nitrogens is 2. The number of nitrogens with one attached hydrogen (secondary N) is 1. The smallest absolute Gasteiger partial charge is 0.248 e. The van der Waals surface area contributed by atoms with E-state index in [-0.39, 0.29) is 12.5 Å². The van der Waals surface area contributed by atoms with Crippen LogP contribution >= 0.6 is 11.6 Å². The van der Waals surface area contributed by atoms with Gasteiger partial charge in [-0.1, -0.05) is 29.8 Å². The molecule has 0 unspecified atom stereocenters. The molecule has 2 aromatic rings. The fourth-order valence-corrected chi connectivity index (χ4v) is 3.24. The second-order valence-electron chi connectivity index (χ2n) is 6.24. The van der Waals surface area contributed by atoms with Crippen LogP contribution in [-0.4, -0.2) is 40.7 Å². The molecule has 24 heavy (non-hydrogen) atoms. The van der Waals surface area contributed by atoms with E-state index in [1.165, 1.54) is 0 Å². The van der Waals surface area contributed by atoms with Crippen LogP contribution in [0.15, 0.2) is 30.3 Å². The molecule has 1 N–H and O–H groups in total. The minimum absolute atomic E-state index is 0.0269. The van der Waals surface area contributed by atoms with Crippen LogP contribution in [0.5, 0.6) is 0 Å². The van der Waals surface area contributed by atoms with Gasteiger partial charge >= 0.3 is 0 Å². The summed E-state index contributed by atoms with van der Waals surface area (Å²) in [6.07, 6.45) is 2.06. The zero-order chi connectivity index (χ0) is 16.9. The number of aromatic amines is 1. The third-order valence-electron chi connectivity index (χ3n) is 4.36. The summed E-state index contributed by atoms with van der Waals surface area (Å²) in [4.78, 5) is 14.3. The largest absolute Gasteiger partial charge is 0.367 e. The monoisotopic (exact) mass is 347 g/mol. The lowest BCUT2D eigenvalue weighted by Gasteiger charge is -2.32. The molecule has 0 radical (unpaired) electrons. The minimum atomic E-state index is 0.0269. The average Bonchev–Trinajstić information content (AvgIpc) is 3.03. The van der Waals surface area contributed by atoms with Crippen molar-refractivity contribution in [3.8, 4) is 0 Å². The Morgan fingerprint density at radius 1 is 1.46 bits per heavy atom. The Hall–Kier alpha value is -1.85. The first-order valence-corrected chi connectivity index (χ1v) is 8.62. The first kappa shape index (κ1) is 17.0. The average molecular weight is 348 g/mol. The molecule has 0 aliphatic carbocycles. The number of carbonyl (C=O) groups excluding carboxylic acids is 1. The number of ether oxygens (including phenoxy) is 1. The number of rotatable bonds is 5. The van der Waals surface area contributed by atoms with E-state index in [1.54, 1.807) is 0 Å². The number of aryl methyl sites for hydroxylation is 1. The number of likely N-dealkylation sites (tertiary alicyclic amines) is 1. The number of amides is 1. The highest BCUT2D eigenvalue weighted by Gasteiger charge is 2.26. The first-order valence-electron chi connectivity index (χ1n) is 8.24. The van der Waals surface area contributed by atoms with Crippen LogP contribution in [0, 0.1) is 6.92 Å². The van der Waals surface area contributed by atoms with E-state index in [0.29, 0.717) is 24.1 Å². The van der Waals surface area contributed by atoms with E-state index in [0.717, 1.165) is 36.3 Å². The molecule has 2 heterocycles. The van der Waals surface area contributed by atoms with E-state index in [2.05, 4.69) is 16.3 Å². The van der Waals surface area contributed by atoms with Gasteiger partial charge in [-0.15, -0.1) is 0 Å². The SMILES string of the molecule is Cc1cc([C@H]2CCCN(C(=O)COCc3ccccc3Cl)C2)n[nH]1. The van der Waals surface area contributed by atoms with Crippen LogP contribution in [0.3, 0.4) is 0 Å². The Morgan fingerprint density at radius 2 is 2.29 bits per heavy atom. The molecule has 0 bridgehead atoms. The van der Waals surface area contributed by atoms with Crippen LogP contribution in [0.4, 0.5) is 0 Å². The number of hydrogen-bond acceptors (Lipinski definition) is 3. The van der Waals surface area contributed by atoms with Crippen LogP contribution in [0.1, 0.15) is 35.7 Å². The second-order valence-corrected chi connectivity index (χ2v) is 6.65. The van der Waals surface area contributed by atoms with Gasteiger partial charge in [-0.2, -0.15) is 5.10 Å². The number of carbonyl (C=O) groups is 1. The van der Waals surface area contributed by atoms with E-state index in [1.807, 2.05) is 36.1 Å². The molecule has 1 atom stereocenters. The van der Waals surface area contributed by atoms with Crippen LogP contribution < -0.4 is 0 Å². The van der Waals surface area contributed by atoms with Gasteiger partial charge in [-0.3, -0.25) is 9.89 Å². The molecule has 6 heteroatoms. The van der Waals surface area contributed by atoms with Gasteiger partial charge in [-0.05, 0) is 37.5 Å². The molecule has 1 fully saturated rings. The van der Waals surface area contributed by atoms with Crippen molar-refractivity contribution in [2.24, 2.45) is 0 Å². The minimum Gasteiger partial charge on any atom is -0.367 e. The lowest BCUT2D eigenvalue weighted by Crippen LogP contribution is -2.41. The molecule has 1 aromatic carbocycles. The molecular formula is C18H22ClN3O2. The summed E-state index contributed by atoms with van der Waals surface area (Å²) in [6, 6.07) is 9.58. The van der Waals surface area contributed by atoms with Crippen molar-refractivity contribution in [1.82, 2.24) is 15.1 Å². The predicted molar refractivity (Wildman–Crippen MR) is 93.0 cm³/mol. The zero-order valence-electron chi connectivity index (χ0n) is 13.8. The molecule has 128 valence electrons. The lowest BCUT2D eigenvalue weighted by atomic mass is 9.94. The third kappa shape index (κ3) is 4.16. The van der Waals surface area contributed by atoms with Crippen LogP contribution in [0.25, 0.3) is 0 Å². The highest BCUT2D eigenvalue weighted by Crippen LogP contribution is 2.26. The van der Waals surface area contributed by atoms with Gasteiger partial charge in [0.25, 0.3) is 0 Å². The Labute approximate surface area is 147 Å². The van der Waals surface area contributed by atoms with Crippen molar-refractivity contribution in [3.05, 3.63) is 52.3 Å². The summed E-state index contributed by atoms with van der Waals surface area (Å²) in [5.74, 6) is 0.329. The van der Waals surface area contributed by atoms with Gasteiger partial charge in [0.1, 0.15) is 6.61 Å². The topological polar surface area (TPSA) is 58.2 Å². The van der Waals surface area contributed by atoms with Crippen molar-refractivity contribution in [2.45, 2.75) is 32.3 Å². The Kier molecular flexibility index (Phi) is 5.53. The third-order valence-corrected chi connectivity index (χ3v) is 4.73. The van der Waals surface area contributed by atoms with Crippen molar-refractivity contribution >= 4 is 17.5 Å². The fourth-order valence-electron chi connectivity index (χ4n) is 3.05. The van der Waals surface area contributed by atoms with E-state index < -0.39 is 0 Å². The summed E-state index contributed by atoms with van der Waals surface area (Å²) in [6.45, 7) is 3.91. The molecule has 1 aliphatic heterocycles. The molecule has 0 saturated carbocycles. The van der Waals surface area contributed by atoms with Gasteiger partial charge < -0.3 is 9.64 Å². The number of halogens is 1. The Balaban J connectivity index is 1.50. The van der Waals surface area contributed by atoms with Gasteiger partial charge in [0.15, 0.2) is 0 Å². The number of nitrogens with zero attached hydrogens (tertiary/aromatic N) is 2. The fraction of sp³-hybridized carbons (Fsp3) is 0.444. The van der Waals surface area contributed by atoms with E-state index >= 15 is 0 Å². The second kappa shape index (κ2) is 7.81. The number of H-pyrrole nitrogens is 1. The number of benzene rings is 1. The normalized spacial score (nSPS) is 17.9. The molecule has 3 rings (SSSR count). The molecule has 1 amide bonds. The van der Waals surface area contributed by atoms with Crippen molar-refractivity contribution in [2.75, 3.05) is 19.7 Å². The molecule has 1 saturated heterocycles. The predicted octanol–water partition coefficient (Wildman–Crippen LogP) is 3.29. The van der Waals surface area contributed by atoms with Crippen molar-refractivity contribution in [3.63, 3.8) is 0 Å². The Bertz CT molecular complexity index is 701. The van der Waals surface area contributed by atoms with Crippen molar-refractivity contribution < 1.29 is 9.53 Å². The first-order chi connectivity index (χ1) is 11.6. The highest BCUT2D eigenvalue weighted by molar-refractivity contribution is 6.31. The van der Waals surface area contributed by atoms with E-state index in [9.17, 15) is 4.79 Å². The summed E-state index contributed by atoms with van der Waals surface area (Å²) < 4.78 is 5.56. The summed E-state index contributed by atoms with van der Waals surface area (Å²) >= 11 is 6.09. The molecular weight excluding hydrogens is 326 g/mol. The number of piperidine rings is 1. The maximum Gasteiger partial charge on any atom is 0.248 e. The van der Waals surface area contributed by atoms with Crippen LogP contribution in [-0.2, 0) is 16.1 Å². The quantitative estimate of drug-likeness (QED) is 0.902. The van der Waals surface area contributed by atoms with Gasteiger partial charge in [0.2, 0.25) is 5.91 Å². The van der Waals surface area contributed by atoms with Gasteiger partial charge in [0, 0.05) is 29.7 Å². The maximum atomic E-state index is 12.4. The Morgan fingerprint density at radius 3 is 3.04 bits per heavy atom. The maximum absolute atomic E-state index is 12.4. The number of hydrogen-bond donors (Lipinski definition) is 1. The van der Waals surface area contributed by atoms with Gasteiger partial charge in [0.05, 0.1) is 12.3 Å². The lowest BCUT2D eigenvalue weighted by molar-refractivity contribution is -0.137. The standard InChI is InChI=1S/C18H22ClN3O2/c1-13-9-17(21-20-13)14-6-4-8-22(10-14)18(23)12-24-11-15-5-2-3-7-16(15)19/h2-3,5,7,9,14H,4,6,8,10-12H2,1H3,(H,20,21)/t14-/m0/s1. The summed E-state index contributed by atoms with van der Waals surface area (Å²) in [5, 5.41) is 7.98. The van der Waals surface area contributed by atoms with E-state index in [4.69, 9.17) is 16.3 Å². The summed E-state index contributed by atoms with van der Waals surface area (Å²) in [7, 11) is 0. The molecule has 1 aromatic heterocycles. The molecule has 0 spiro atoms. The highest BCUT2D eigenvalue weighted by atomic mass is 35.5. The molecule has 1 aliphatic rings. The van der Waals surface area contributed by atoms with Crippen LogP contribution in [0.2, 0.25) is 5.02 Å². The molecule has 5 nitrogen and oxygen atoms in total.